The summed E-state index contributed by atoms with van der Waals surface area (Å²) in [5.41, 5.74) is 4.84. The van der Waals surface area contributed by atoms with Crippen LogP contribution < -0.4 is 10.6 Å². The fourth-order valence-corrected chi connectivity index (χ4v) is 1.11. The topological polar surface area (TPSA) is 24.1 Å². The number of thiocarbonyl (C=S) groups is 2. The second-order valence-electron chi connectivity index (χ2n) is 2.11. The molecule has 2 nitrogen and oxygen atoms in total. The summed E-state index contributed by atoms with van der Waals surface area (Å²) in [6, 6.07) is 7.70. The monoisotopic (exact) mass is 196 g/mol. The minimum Gasteiger partial charge on any atom is -0.353 e. The molecule has 1 aromatic rings. The lowest BCUT2D eigenvalue weighted by Crippen LogP contribution is -1.95. The van der Waals surface area contributed by atoms with Gasteiger partial charge in [-0.3, -0.25) is 0 Å². The Labute approximate surface area is 82.0 Å². The van der Waals surface area contributed by atoms with Crippen molar-refractivity contribution in [2.24, 2.45) is 0 Å². The van der Waals surface area contributed by atoms with Gasteiger partial charge in [0.1, 0.15) is 0 Å². The number of benzene rings is 1. The first kappa shape index (κ1) is 9.09. The third-order valence-corrected chi connectivity index (χ3v) is 1.55. The number of nitrogens with one attached hydrogen (secondary N) is 2. The second kappa shape index (κ2) is 4.79. The molecule has 0 saturated heterocycles. The van der Waals surface area contributed by atoms with Gasteiger partial charge in [-0.2, -0.15) is 0 Å². The highest BCUT2D eigenvalue weighted by Gasteiger charge is 1.90. The predicted octanol–water partition coefficient (Wildman–Crippen LogP) is 2.42. The summed E-state index contributed by atoms with van der Waals surface area (Å²) >= 11 is 9.31. The van der Waals surface area contributed by atoms with Gasteiger partial charge in [0.05, 0.1) is 11.0 Å². The first-order chi connectivity index (χ1) is 5.86. The minimum atomic E-state index is 0.951. The zero-order valence-electron chi connectivity index (χ0n) is 6.28. The van der Waals surface area contributed by atoms with Gasteiger partial charge in [-0.05, 0) is 18.2 Å². The van der Waals surface area contributed by atoms with Crippen molar-refractivity contribution in [3.8, 4) is 0 Å². The van der Waals surface area contributed by atoms with E-state index < -0.39 is 0 Å². The molecule has 62 valence electrons. The van der Waals surface area contributed by atoms with Gasteiger partial charge in [0.15, 0.2) is 0 Å². The number of rotatable bonds is 4. The van der Waals surface area contributed by atoms with E-state index in [-0.39, 0.29) is 0 Å². The van der Waals surface area contributed by atoms with Crippen LogP contribution in [0.2, 0.25) is 0 Å². The van der Waals surface area contributed by atoms with Gasteiger partial charge in [0, 0.05) is 11.4 Å². The minimum absolute atomic E-state index is 0.951. The van der Waals surface area contributed by atoms with E-state index in [1.165, 1.54) is 11.0 Å². The molecule has 0 fully saturated rings. The van der Waals surface area contributed by atoms with E-state index in [1.807, 2.05) is 24.3 Å². The van der Waals surface area contributed by atoms with Crippen LogP contribution in [0.5, 0.6) is 0 Å². The van der Waals surface area contributed by atoms with Crippen molar-refractivity contribution in [1.82, 2.24) is 0 Å². The Kier molecular flexibility index (Phi) is 3.63. The quantitative estimate of drug-likeness (QED) is 0.722. The van der Waals surface area contributed by atoms with Crippen molar-refractivity contribution in [2.75, 3.05) is 10.6 Å². The highest BCUT2D eigenvalue weighted by molar-refractivity contribution is 7.79. The van der Waals surface area contributed by atoms with Gasteiger partial charge in [-0.1, -0.05) is 30.5 Å². The molecule has 0 amide bonds. The Morgan fingerprint density at radius 3 is 1.92 bits per heavy atom. The van der Waals surface area contributed by atoms with Crippen LogP contribution in [0.4, 0.5) is 11.4 Å². The summed E-state index contributed by atoms with van der Waals surface area (Å²) in [6.07, 6.45) is 0. The highest BCUT2D eigenvalue weighted by atomic mass is 32.1. The SMILES string of the molecule is S=CNc1cccc(NC=S)c1. The highest BCUT2D eigenvalue weighted by Crippen LogP contribution is 2.13. The average molecular weight is 196 g/mol. The van der Waals surface area contributed by atoms with E-state index in [9.17, 15) is 0 Å². The van der Waals surface area contributed by atoms with Gasteiger partial charge >= 0.3 is 0 Å². The van der Waals surface area contributed by atoms with E-state index in [4.69, 9.17) is 0 Å². The standard InChI is InChI=1S/C8H8N2S2/c11-5-9-7-2-1-3-8(4-7)10-6-12/h1-6H,(H,9,11)(H,10,12). The summed E-state index contributed by atoms with van der Waals surface area (Å²) in [5, 5.41) is 5.82. The molecule has 0 bridgehead atoms. The fourth-order valence-electron chi connectivity index (χ4n) is 0.835. The van der Waals surface area contributed by atoms with Crippen molar-refractivity contribution in [1.29, 1.82) is 0 Å². The van der Waals surface area contributed by atoms with Crippen molar-refractivity contribution >= 4 is 46.8 Å². The normalized spacial score (nSPS) is 8.67. The fraction of sp³-hybridized carbons (Fsp3) is 0. The molecular formula is C8H8N2S2. The van der Waals surface area contributed by atoms with Crippen LogP contribution >= 0.6 is 24.4 Å². The molecule has 0 unspecified atom stereocenters. The van der Waals surface area contributed by atoms with Crippen LogP contribution in [-0.4, -0.2) is 11.0 Å². The molecule has 1 rings (SSSR count). The van der Waals surface area contributed by atoms with Crippen molar-refractivity contribution < 1.29 is 0 Å². The molecule has 0 aliphatic heterocycles. The Morgan fingerprint density at radius 1 is 1.00 bits per heavy atom. The molecule has 1 aromatic carbocycles. The van der Waals surface area contributed by atoms with Crippen molar-refractivity contribution in [3.05, 3.63) is 24.3 Å². The van der Waals surface area contributed by atoms with E-state index in [2.05, 4.69) is 35.1 Å². The van der Waals surface area contributed by atoms with Crippen LogP contribution in [0.1, 0.15) is 0 Å². The van der Waals surface area contributed by atoms with Gasteiger partial charge in [0.25, 0.3) is 0 Å². The first-order valence-corrected chi connectivity index (χ1v) is 4.31. The lowest BCUT2D eigenvalue weighted by Gasteiger charge is -2.02. The van der Waals surface area contributed by atoms with Crippen LogP contribution in [0.25, 0.3) is 0 Å². The Balaban J connectivity index is 2.79. The maximum absolute atomic E-state index is 4.66. The third-order valence-electron chi connectivity index (χ3n) is 1.31. The van der Waals surface area contributed by atoms with Gasteiger partial charge in [-0.25, -0.2) is 0 Å². The zero-order chi connectivity index (χ0) is 8.81. The number of hydrogen-bond acceptors (Lipinski definition) is 2. The Bertz CT molecular complexity index is 261. The lowest BCUT2D eigenvalue weighted by molar-refractivity contribution is 1.64. The summed E-state index contributed by atoms with van der Waals surface area (Å²) < 4.78 is 0. The summed E-state index contributed by atoms with van der Waals surface area (Å²) in [7, 11) is 0. The average Bonchev–Trinajstić information content (AvgIpc) is 2.06. The number of hydrogen-bond donors (Lipinski definition) is 2. The maximum atomic E-state index is 4.66. The summed E-state index contributed by atoms with van der Waals surface area (Å²) in [6.45, 7) is 0. The molecule has 0 radical (unpaired) electrons. The molecule has 2 N–H and O–H groups in total. The van der Waals surface area contributed by atoms with Crippen LogP contribution in [0.15, 0.2) is 24.3 Å². The molecular weight excluding hydrogens is 188 g/mol. The van der Waals surface area contributed by atoms with Crippen LogP contribution in [-0.2, 0) is 0 Å². The smallest absolute Gasteiger partial charge is 0.0658 e. The van der Waals surface area contributed by atoms with Crippen LogP contribution in [0, 0.1) is 0 Å². The number of anilines is 2. The van der Waals surface area contributed by atoms with Gasteiger partial charge in [0.2, 0.25) is 0 Å². The van der Waals surface area contributed by atoms with E-state index >= 15 is 0 Å². The largest absolute Gasteiger partial charge is 0.353 e. The Hall–Kier alpha value is -1.000. The maximum Gasteiger partial charge on any atom is 0.0658 e. The molecule has 0 aromatic heterocycles. The molecule has 0 aliphatic carbocycles. The van der Waals surface area contributed by atoms with Crippen molar-refractivity contribution in [2.45, 2.75) is 0 Å². The molecule has 0 atom stereocenters. The molecule has 0 heterocycles. The predicted molar refractivity (Wildman–Crippen MR) is 61.0 cm³/mol. The molecule has 0 aliphatic rings. The van der Waals surface area contributed by atoms with E-state index in [0.717, 1.165) is 11.4 Å². The zero-order valence-corrected chi connectivity index (χ0v) is 7.91. The summed E-state index contributed by atoms with van der Waals surface area (Å²) in [4.78, 5) is 0. The summed E-state index contributed by atoms with van der Waals surface area (Å²) in [5.74, 6) is 0. The third kappa shape index (κ3) is 2.56. The second-order valence-corrected chi connectivity index (χ2v) is 2.58. The van der Waals surface area contributed by atoms with Crippen LogP contribution in [0.3, 0.4) is 0 Å². The van der Waals surface area contributed by atoms with Gasteiger partial charge in [-0.15, -0.1) is 0 Å². The molecule has 0 saturated carbocycles. The van der Waals surface area contributed by atoms with E-state index in [1.54, 1.807) is 0 Å². The Morgan fingerprint density at radius 2 is 1.50 bits per heavy atom. The van der Waals surface area contributed by atoms with E-state index in [0.29, 0.717) is 0 Å². The van der Waals surface area contributed by atoms with Crippen molar-refractivity contribution in [3.63, 3.8) is 0 Å². The lowest BCUT2D eigenvalue weighted by atomic mass is 10.3. The molecule has 4 heteroatoms. The first-order valence-electron chi connectivity index (χ1n) is 3.37. The van der Waals surface area contributed by atoms with Gasteiger partial charge < -0.3 is 10.6 Å². The molecule has 0 spiro atoms. The molecule has 12 heavy (non-hydrogen) atoms.